The van der Waals surface area contributed by atoms with Crippen LogP contribution in [0, 0.1) is 5.41 Å². The monoisotopic (exact) mass is 361 g/mol. The Kier molecular flexibility index (Phi) is 6.66. The molecular weight excluding hydrogens is 334 g/mol. The van der Waals surface area contributed by atoms with Crippen LogP contribution in [0.1, 0.15) is 27.2 Å². The Morgan fingerprint density at radius 2 is 1.89 bits per heavy atom. The van der Waals surface area contributed by atoms with Crippen LogP contribution < -0.4 is 5.32 Å². The first-order valence-electron chi connectivity index (χ1n) is 8.98. The quantitative estimate of drug-likeness (QED) is 0.445. The van der Waals surface area contributed by atoms with Crippen LogP contribution in [0.2, 0.25) is 0 Å². The second kappa shape index (κ2) is 8.94. The van der Waals surface area contributed by atoms with Crippen molar-refractivity contribution in [3.8, 4) is 11.3 Å². The van der Waals surface area contributed by atoms with Crippen LogP contribution in [0.15, 0.2) is 67.4 Å². The largest absolute Gasteiger partial charge is 0.341 e. The molecule has 3 aromatic rings. The number of hydrogen-bond donors (Lipinski definition) is 2. The van der Waals surface area contributed by atoms with Gasteiger partial charge in [-0.05, 0) is 30.0 Å². The number of aromatic nitrogens is 3. The molecule has 1 aromatic carbocycles. The van der Waals surface area contributed by atoms with Crippen molar-refractivity contribution < 1.29 is 0 Å². The van der Waals surface area contributed by atoms with Crippen LogP contribution in [0.5, 0.6) is 0 Å². The van der Waals surface area contributed by atoms with E-state index in [9.17, 15) is 0 Å². The highest BCUT2D eigenvalue weighted by Crippen LogP contribution is 2.25. The Morgan fingerprint density at radius 1 is 1.15 bits per heavy atom. The lowest BCUT2D eigenvalue weighted by atomic mass is 10.1. The Hall–Kier alpha value is -3.21. The van der Waals surface area contributed by atoms with E-state index in [1.165, 1.54) is 0 Å². The third-order valence-electron chi connectivity index (χ3n) is 4.02. The van der Waals surface area contributed by atoms with Gasteiger partial charge < -0.3 is 15.3 Å². The average Bonchev–Trinajstić information content (AvgIpc) is 3.08. The lowest BCUT2D eigenvalue weighted by Gasteiger charge is -2.12. The zero-order valence-corrected chi connectivity index (χ0v) is 16.5. The van der Waals surface area contributed by atoms with E-state index in [-0.39, 0.29) is 0 Å². The molecule has 0 aliphatic rings. The van der Waals surface area contributed by atoms with Crippen LogP contribution in [-0.4, -0.2) is 20.2 Å². The highest BCUT2D eigenvalue weighted by Gasteiger charge is 2.07. The lowest BCUT2D eigenvalue weighted by molar-refractivity contribution is 0.921. The predicted molar refractivity (Wildman–Crippen MR) is 115 cm³/mol. The summed E-state index contributed by atoms with van der Waals surface area (Å²) in [6, 6.07) is 8.24. The van der Waals surface area contributed by atoms with E-state index in [1.807, 2.05) is 43.9 Å². The second-order valence-electron chi connectivity index (χ2n) is 6.19. The van der Waals surface area contributed by atoms with Crippen molar-refractivity contribution in [1.29, 1.82) is 5.41 Å². The molecule has 2 aromatic heterocycles. The van der Waals surface area contributed by atoms with Crippen LogP contribution in [-0.2, 0) is 7.05 Å². The number of fused-ring (bicyclic) bond motifs is 1. The molecule has 0 bridgehead atoms. The molecule has 0 unspecified atom stereocenters. The maximum absolute atomic E-state index is 7.56. The summed E-state index contributed by atoms with van der Waals surface area (Å²) in [5, 5.41) is 12.9. The number of rotatable bonds is 6. The van der Waals surface area contributed by atoms with Gasteiger partial charge in [0.2, 0.25) is 0 Å². The number of benzene rings is 1. The van der Waals surface area contributed by atoms with Crippen molar-refractivity contribution in [1.82, 2.24) is 14.5 Å². The van der Waals surface area contributed by atoms with E-state index >= 15 is 0 Å². The molecule has 27 heavy (non-hydrogen) atoms. The Labute approximate surface area is 161 Å². The number of imidazole rings is 1. The van der Waals surface area contributed by atoms with Crippen molar-refractivity contribution in [2.45, 2.75) is 27.2 Å². The van der Waals surface area contributed by atoms with Gasteiger partial charge >= 0.3 is 0 Å². The van der Waals surface area contributed by atoms with Gasteiger partial charge in [-0.15, -0.1) is 0 Å². The SMILES string of the molecule is C=C(CC(C)=N)C(=C)Nc1cc2cc(-c3cncn3C)ccc2cn1.CC. The van der Waals surface area contributed by atoms with Crippen LogP contribution in [0.4, 0.5) is 5.82 Å². The molecule has 5 nitrogen and oxygen atoms in total. The minimum atomic E-state index is 0.504. The summed E-state index contributed by atoms with van der Waals surface area (Å²) >= 11 is 0. The van der Waals surface area contributed by atoms with Crippen molar-refractivity contribution in [2.75, 3.05) is 5.32 Å². The van der Waals surface area contributed by atoms with Gasteiger partial charge in [-0.25, -0.2) is 9.97 Å². The van der Waals surface area contributed by atoms with Gasteiger partial charge in [0, 0.05) is 42.0 Å². The summed E-state index contributed by atoms with van der Waals surface area (Å²) in [6.45, 7) is 13.7. The van der Waals surface area contributed by atoms with E-state index in [0.717, 1.165) is 27.6 Å². The van der Waals surface area contributed by atoms with Crippen molar-refractivity contribution >= 4 is 22.3 Å². The fraction of sp³-hybridized carbons (Fsp3) is 0.227. The van der Waals surface area contributed by atoms with Gasteiger partial charge in [-0.1, -0.05) is 39.1 Å². The summed E-state index contributed by atoms with van der Waals surface area (Å²) in [5.74, 6) is 0.712. The van der Waals surface area contributed by atoms with Crippen LogP contribution in [0.3, 0.4) is 0 Å². The Bertz CT molecular complexity index is 981. The molecule has 0 atom stereocenters. The fourth-order valence-electron chi connectivity index (χ4n) is 2.67. The van der Waals surface area contributed by atoms with E-state index in [2.05, 4.69) is 46.6 Å². The summed E-state index contributed by atoms with van der Waals surface area (Å²) in [4.78, 5) is 8.61. The number of allylic oxidation sites excluding steroid dienone is 1. The summed E-state index contributed by atoms with van der Waals surface area (Å²) in [5.41, 5.74) is 4.19. The Morgan fingerprint density at radius 3 is 2.52 bits per heavy atom. The molecule has 0 aliphatic carbocycles. The van der Waals surface area contributed by atoms with Gasteiger partial charge in [0.05, 0.1) is 18.2 Å². The Balaban J connectivity index is 0.00000126. The zero-order valence-electron chi connectivity index (χ0n) is 16.5. The molecule has 0 fully saturated rings. The number of nitrogens with zero attached hydrogens (tertiary/aromatic N) is 3. The first-order chi connectivity index (χ1) is 12.9. The first-order valence-corrected chi connectivity index (χ1v) is 8.98. The number of pyridine rings is 1. The van der Waals surface area contributed by atoms with E-state index in [1.54, 1.807) is 13.3 Å². The minimum Gasteiger partial charge on any atom is -0.341 e. The van der Waals surface area contributed by atoms with Gasteiger partial charge in [-0.2, -0.15) is 0 Å². The molecule has 140 valence electrons. The lowest BCUT2D eigenvalue weighted by Crippen LogP contribution is -2.04. The number of anilines is 1. The molecular formula is C22H27N5. The molecule has 0 saturated carbocycles. The molecule has 0 amide bonds. The van der Waals surface area contributed by atoms with Gasteiger partial charge in [0.15, 0.2) is 0 Å². The maximum atomic E-state index is 7.56. The topological polar surface area (TPSA) is 66.6 Å². The highest BCUT2D eigenvalue weighted by molar-refractivity contribution is 5.88. The molecule has 0 spiro atoms. The number of nitrogens with one attached hydrogen (secondary N) is 2. The van der Waals surface area contributed by atoms with Crippen molar-refractivity contribution in [2.24, 2.45) is 7.05 Å². The molecule has 5 heteroatoms. The predicted octanol–water partition coefficient (Wildman–Crippen LogP) is 5.57. The maximum Gasteiger partial charge on any atom is 0.130 e. The fourth-order valence-corrected chi connectivity index (χ4v) is 2.67. The summed E-state index contributed by atoms with van der Waals surface area (Å²) < 4.78 is 1.99. The highest BCUT2D eigenvalue weighted by atomic mass is 15.0. The molecule has 3 rings (SSSR count). The molecule has 0 radical (unpaired) electrons. The van der Waals surface area contributed by atoms with Gasteiger partial charge in [0.25, 0.3) is 0 Å². The van der Waals surface area contributed by atoms with Crippen molar-refractivity contribution in [3.05, 3.63) is 67.4 Å². The molecule has 0 aliphatic heterocycles. The number of aryl methyl sites for hydroxylation is 1. The summed E-state index contributed by atoms with van der Waals surface area (Å²) in [6.07, 6.45) is 5.99. The van der Waals surface area contributed by atoms with E-state index in [4.69, 9.17) is 5.41 Å². The average molecular weight is 361 g/mol. The van der Waals surface area contributed by atoms with Crippen molar-refractivity contribution in [3.63, 3.8) is 0 Å². The zero-order chi connectivity index (χ0) is 20.0. The summed E-state index contributed by atoms with van der Waals surface area (Å²) in [7, 11) is 1.98. The normalized spacial score (nSPS) is 10.1. The van der Waals surface area contributed by atoms with Gasteiger partial charge in [-0.3, -0.25) is 0 Å². The molecule has 2 N–H and O–H groups in total. The van der Waals surface area contributed by atoms with Crippen LogP contribution in [0.25, 0.3) is 22.0 Å². The van der Waals surface area contributed by atoms with Crippen LogP contribution >= 0.6 is 0 Å². The van der Waals surface area contributed by atoms with E-state index in [0.29, 0.717) is 23.6 Å². The van der Waals surface area contributed by atoms with Gasteiger partial charge in [0.1, 0.15) is 5.82 Å². The standard InChI is InChI=1S/C20H21N5.C2H6/c1-13(7-14(2)21)15(3)24-20-9-18-8-16(5-6-17(18)10-23-20)19-11-22-12-25(19)4;1-2/h5-6,8-12,21H,1,3,7H2,2,4H3,(H,23,24);1-2H3. The minimum absolute atomic E-state index is 0.504. The van der Waals surface area contributed by atoms with E-state index < -0.39 is 0 Å². The molecule has 2 heterocycles. The number of hydrogen-bond acceptors (Lipinski definition) is 4. The smallest absolute Gasteiger partial charge is 0.130 e. The second-order valence-corrected chi connectivity index (χ2v) is 6.19. The third-order valence-corrected chi connectivity index (χ3v) is 4.02. The first kappa shape index (κ1) is 20.1. The molecule has 0 saturated heterocycles. The third kappa shape index (κ3) is 4.91.